The molecule has 2 aromatic heterocycles. The van der Waals surface area contributed by atoms with Gasteiger partial charge in [0.15, 0.2) is 0 Å². The molecule has 300 valence electrons. The highest BCUT2D eigenvalue weighted by atomic mass is 32.1. The summed E-state index contributed by atoms with van der Waals surface area (Å²) in [7, 11) is 0. The number of nitriles is 1. The molecule has 5 aliphatic heterocycles. The topological polar surface area (TPSA) is 142 Å². The standard InChI is InChI=1S/C40H49F2N7O6S/c1-38(2,3)54-36(50)46-34-27(17-43)30-25(10-12-28(42)31(30)56-34)29-13-11-26-32(47-19-23-8-9-24(20-47)49(23)37(51)55-39(4,5)6)44-35(45-33(26)53-29)52-21-40-14-7-15-48(40)18-22(41)16-40/h10,12,22-24,29H,7-9,11,13-16,18-21H2,1-6H3,(H,46,50)/t22-,23-,24+,29?,40+/m1/s1. The predicted octanol–water partition coefficient (Wildman–Crippen LogP) is 7.66. The number of aromatic nitrogens is 2. The predicted molar refractivity (Wildman–Crippen MR) is 206 cm³/mol. The van der Waals surface area contributed by atoms with Gasteiger partial charge in [0.1, 0.15) is 52.8 Å². The molecule has 7 heterocycles. The summed E-state index contributed by atoms with van der Waals surface area (Å²) in [5, 5.41) is 13.5. The number of nitrogens with one attached hydrogen (secondary N) is 1. The van der Waals surface area contributed by atoms with Gasteiger partial charge in [-0.25, -0.2) is 18.4 Å². The fourth-order valence-corrected chi connectivity index (χ4v) is 10.2. The normalized spacial score (nSPS) is 26.1. The number of thiophene rings is 1. The van der Waals surface area contributed by atoms with E-state index < -0.39 is 40.9 Å². The largest absolute Gasteiger partial charge is 0.469 e. The lowest BCUT2D eigenvalue weighted by Gasteiger charge is -2.42. The van der Waals surface area contributed by atoms with Crippen LogP contribution in [0.25, 0.3) is 10.1 Å². The van der Waals surface area contributed by atoms with Crippen LogP contribution in [0.3, 0.4) is 0 Å². The van der Waals surface area contributed by atoms with Crippen LogP contribution in [0.15, 0.2) is 12.1 Å². The van der Waals surface area contributed by atoms with Crippen LogP contribution in [0.2, 0.25) is 0 Å². The lowest BCUT2D eigenvalue weighted by molar-refractivity contribution is 0.0122. The fourth-order valence-electron chi connectivity index (χ4n) is 9.16. The average molecular weight is 794 g/mol. The lowest BCUT2D eigenvalue weighted by atomic mass is 9.94. The molecule has 1 N–H and O–H groups in total. The van der Waals surface area contributed by atoms with Gasteiger partial charge in [0.05, 0.1) is 33.4 Å². The number of carbonyl (C=O) groups excluding carboxylic acids is 2. The third kappa shape index (κ3) is 7.28. The van der Waals surface area contributed by atoms with Gasteiger partial charge >= 0.3 is 18.2 Å². The molecule has 8 rings (SSSR count). The average Bonchev–Trinajstić information content (AvgIpc) is 3.83. The summed E-state index contributed by atoms with van der Waals surface area (Å²) in [6.07, 6.45) is 2.25. The van der Waals surface area contributed by atoms with Gasteiger partial charge in [-0.3, -0.25) is 15.1 Å². The molecule has 4 saturated heterocycles. The quantitative estimate of drug-likeness (QED) is 0.263. The van der Waals surface area contributed by atoms with Crippen molar-refractivity contribution < 1.29 is 37.3 Å². The summed E-state index contributed by atoms with van der Waals surface area (Å²) in [5.41, 5.74) is -0.306. The fraction of sp³-hybridized carbons (Fsp3) is 0.625. The van der Waals surface area contributed by atoms with E-state index in [2.05, 4.69) is 21.2 Å². The van der Waals surface area contributed by atoms with Gasteiger partial charge in [-0.15, -0.1) is 11.3 Å². The van der Waals surface area contributed by atoms with Crippen LogP contribution in [-0.2, 0) is 15.9 Å². The Hall–Kier alpha value is -4.49. The van der Waals surface area contributed by atoms with E-state index in [-0.39, 0.29) is 46.1 Å². The molecule has 0 saturated carbocycles. The third-order valence-electron chi connectivity index (χ3n) is 11.4. The second kappa shape index (κ2) is 14.2. The van der Waals surface area contributed by atoms with Crippen LogP contribution < -0.4 is 19.7 Å². The number of rotatable bonds is 6. The first-order valence-electron chi connectivity index (χ1n) is 19.5. The molecular formula is C40H49F2N7O6S. The van der Waals surface area contributed by atoms with Crippen LogP contribution in [-0.4, -0.2) is 99.7 Å². The number of hydrogen-bond acceptors (Lipinski definition) is 12. The minimum absolute atomic E-state index is 0.0688. The summed E-state index contributed by atoms with van der Waals surface area (Å²) in [5.74, 6) is 0.458. The van der Waals surface area contributed by atoms with Crippen molar-refractivity contribution in [1.82, 2.24) is 19.8 Å². The Kier molecular flexibility index (Phi) is 9.71. The molecule has 4 fully saturated rings. The zero-order chi connectivity index (χ0) is 39.7. The maximum Gasteiger partial charge on any atom is 0.412 e. The van der Waals surface area contributed by atoms with Crippen molar-refractivity contribution in [2.75, 3.05) is 43.0 Å². The number of hydrogen-bond donors (Lipinski definition) is 1. The molecule has 5 aliphatic rings. The number of ether oxygens (including phenoxy) is 4. The number of carbonyl (C=O) groups is 2. The molecule has 0 aliphatic carbocycles. The Morgan fingerprint density at radius 1 is 1.07 bits per heavy atom. The highest BCUT2D eigenvalue weighted by Crippen LogP contribution is 2.47. The molecule has 16 heteroatoms. The highest BCUT2D eigenvalue weighted by Gasteiger charge is 2.50. The van der Waals surface area contributed by atoms with Gasteiger partial charge in [0.25, 0.3) is 0 Å². The van der Waals surface area contributed by atoms with Crippen molar-refractivity contribution in [1.29, 1.82) is 5.26 Å². The van der Waals surface area contributed by atoms with Crippen molar-refractivity contribution in [3.05, 3.63) is 34.6 Å². The van der Waals surface area contributed by atoms with Gasteiger partial charge in [0, 0.05) is 37.0 Å². The number of amides is 2. The van der Waals surface area contributed by atoms with Crippen molar-refractivity contribution in [3.63, 3.8) is 0 Å². The van der Waals surface area contributed by atoms with E-state index in [1.807, 2.05) is 25.7 Å². The second-order valence-electron chi connectivity index (χ2n) is 17.7. The number of fused-ring (bicyclic) bond motifs is 5. The van der Waals surface area contributed by atoms with Crippen molar-refractivity contribution in [2.45, 2.75) is 128 Å². The molecule has 2 amide bonds. The molecule has 1 aromatic carbocycles. The first-order valence-corrected chi connectivity index (χ1v) is 20.3. The van der Waals surface area contributed by atoms with E-state index >= 15 is 4.39 Å². The molecule has 3 aromatic rings. The first-order chi connectivity index (χ1) is 26.5. The molecule has 0 spiro atoms. The third-order valence-corrected chi connectivity index (χ3v) is 12.5. The van der Waals surface area contributed by atoms with Gasteiger partial charge < -0.3 is 23.8 Å². The SMILES string of the molecule is CC(C)(C)OC(=O)Nc1sc2c(F)ccc(C3CCc4c(nc(OC[C@@]56CCCN5C[C@H](F)C6)nc4N4C[C@H]5CC[C@@H](C4)N5C(=O)OC(C)(C)C)O3)c2c1C#N. The summed E-state index contributed by atoms with van der Waals surface area (Å²) < 4.78 is 54.6. The first kappa shape index (κ1) is 38.4. The summed E-state index contributed by atoms with van der Waals surface area (Å²) in [4.78, 5) is 42.0. The summed E-state index contributed by atoms with van der Waals surface area (Å²) >= 11 is 0.969. The minimum atomic E-state index is -0.914. The minimum Gasteiger partial charge on any atom is -0.469 e. The van der Waals surface area contributed by atoms with Gasteiger partial charge in [0.2, 0.25) is 5.88 Å². The molecule has 5 atom stereocenters. The van der Waals surface area contributed by atoms with Gasteiger partial charge in [-0.05, 0) is 92.7 Å². The van der Waals surface area contributed by atoms with E-state index in [0.29, 0.717) is 61.5 Å². The van der Waals surface area contributed by atoms with E-state index in [1.165, 1.54) is 6.07 Å². The Bertz CT molecular complexity index is 2080. The van der Waals surface area contributed by atoms with Crippen molar-refractivity contribution >= 4 is 44.4 Å². The Morgan fingerprint density at radius 2 is 1.80 bits per heavy atom. The maximum absolute atomic E-state index is 15.4. The van der Waals surface area contributed by atoms with Crippen LogP contribution in [0, 0.1) is 17.1 Å². The number of alkyl halides is 1. The molecule has 0 radical (unpaired) electrons. The Balaban J connectivity index is 1.12. The van der Waals surface area contributed by atoms with Crippen LogP contribution >= 0.6 is 11.3 Å². The zero-order valence-corrected chi connectivity index (χ0v) is 33.6. The molecule has 1 unspecified atom stereocenters. The number of piperazine rings is 1. The Labute approximate surface area is 329 Å². The lowest BCUT2D eigenvalue weighted by Crippen LogP contribution is -2.57. The molecular weight excluding hydrogens is 745 g/mol. The van der Waals surface area contributed by atoms with Crippen molar-refractivity contribution in [2.24, 2.45) is 0 Å². The molecule has 2 bridgehead atoms. The van der Waals surface area contributed by atoms with E-state index in [9.17, 15) is 19.2 Å². The summed E-state index contributed by atoms with van der Waals surface area (Å²) in [6, 6.07) is 5.12. The smallest absolute Gasteiger partial charge is 0.412 e. The zero-order valence-electron chi connectivity index (χ0n) is 32.7. The van der Waals surface area contributed by atoms with E-state index in [0.717, 1.165) is 49.1 Å². The maximum atomic E-state index is 15.4. The number of halogens is 2. The highest BCUT2D eigenvalue weighted by molar-refractivity contribution is 7.23. The van der Waals surface area contributed by atoms with Gasteiger partial charge in [-0.2, -0.15) is 15.2 Å². The van der Waals surface area contributed by atoms with Crippen LogP contribution in [0.1, 0.15) is 103 Å². The van der Waals surface area contributed by atoms with Gasteiger partial charge in [-0.1, -0.05) is 6.07 Å². The summed E-state index contributed by atoms with van der Waals surface area (Å²) in [6.45, 7) is 13.3. The van der Waals surface area contributed by atoms with Crippen molar-refractivity contribution in [3.8, 4) is 18.0 Å². The monoisotopic (exact) mass is 793 g/mol. The van der Waals surface area contributed by atoms with E-state index in [4.69, 9.17) is 28.9 Å². The number of anilines is 2. The number of benzene rings is 1. The number of nitrogens with zero attached hydrogens (tertiary/aromatic N) is 6. The van der Waals surface area contributed by atoms with Crippen LogP contribution in [0.5, 0.6) is 11.9 Å². The second-order valence-corrected chi connectivity index (χ2v) is 18.7. The Morgan fingerprint density at radius 3 is 2.50 bits per heavy atom. The molecule has 56 heavy (non-hydrogen) atoms. The van der Waals surface area contributed by atoms with Crippen LogP contribution in [0.4, 0.5) is 29.2 Å². The van der Waals surface area contributed by atoms with E-state index in [1.54, 1.807) is 26.8 Å². The molecule has 13 nitrogen and oxygen atoms in total.